The normalized spacial score (nSPS) is 14.0. The van der Waals surface area contributed by atoms with E-state index in [1.165, 1.54) is 6.07 Å². The van der Waals surface area contributed by atoms with E-state index in [1.807, 2.05) is 38.1 Å². The van der Waals surface area contributed by atoms with E-state index in [0.717, 1.165) is 11.6 Å². The Morgan fingerprint density at radius 2 is 1.85 bits per heavy atom. The third-order valence-electron chi connectivity index (χ3n) is 3.30. The first-order valence-electron chi connectivity index (χ1n) is 6.47. The van der Waals surface area contributed by atoms with Gasteiger partial charge in [0.05, 0.1) is 0 Å². The van der Waals surface area contributed by atoms with Crippen molar-refractivity contribution in [3.63, 3.8) is 0 Å². The molecule has 2 nitrogen and oxygen atoms in total. The fraction of sp³-hybridized carbons (Fsp3) is 0.250. The third kappa shape index (κ3) is 3.50. The number of phenolic OH excluding ortho intramolecular Hbond substituents is 1. The molecule has 0 saturated carbocycles. The summed E-state index contributed by atoms with van der Waals surface area (Å²) in [5.41, 5.74) is 1.57. The minimum atomic E-state index is -0.414. The van der Waals surface area contributed by atoms with E-state index < -0.39 is 5.82 Å². The summed E-state index contributed by atoms with van der Waals surface area (Å²) in [6, 6.07) is 11.6. The molecule has 0 aliphatic heterocycles. The van der Waals surface area contributed by atoms with Gasteiger partial charge in [-0.1, -0.05) is 29.8 Å². The van der Waals surface area contributed by atoms with Gasteiger partial charge < -0.3 is 10.4 Å². The van der Waals surface area contributed by atoms with E-state index in [9.17, 15) is 9.50 Å². The summed E-state index contributed by atoms with van der Waals surface area (Å²) in [6.07, 6.45) is 0. The Labute approximate surface area is 123 Å². The van der Waals surface area contributed by atoms with Crippen LogP contribution in [0.15, 0.2) is 42.5 Å². The molecule has 0 amide bonds. The summed E-state index contributed by atoms with van der Waals surface area (Å²) >= 11 is 5.97. The van der Waals surface area contributed by atoms with Crippen molar-refractivity contribution in [2.45, 2.75) is 25.9 Å². The molecule has 0 aliphatic carbocycles. The van der Waals surface area contributed by atoms with Crippen molar-refractivity contribution in [2.24, 2.45) is 0 Å². The third-order valence-corrected chi connectivity index (χ3v) is 3.53. The monoisotopic (exact) mass is 293 g/mol. The van der Waals surface area contributed by atoms with Crippen LogP contribution in [0.1, 0.15) is 37.1 Å². The predicted molar refractivity (Wildman–Crippen MR) is 79.5 cm³/mol. The van der Waals surface area contributed by atoms with Crippen LogP contribution in [0.2, 0.25) is 5.02 Å². The maximum absolute atomic E-state index is 13.8. The number of hydrogen-bond acceptors (Lipinski definition) is 2. The molecule has 0 aromatic heterocycles. The van der Waals surface area contributed by atoms with Crippen molar-refractivity contribution in [1.82, 2.24) is 5.32 Å². The molecule has 0 spiro atoms. The van der Waals surface area contributed by atoms with Gasteiger partial charge in [0, 0.05) is 28.7 Å². The van der Waals surface area contributed by atoms with Gasteiger partial charge >= 0.3 is 0 Å². The Morgan fingerprint density at radius 3 is 2.50 bits per heavy atom. The zero-order chi connectivity index (χ0) is 14.7. The molecule has 1 unspecified atom stereocenters. The van der Waals surface area contributed by atoms with Gasteiger partial charge in [0.15, 0.2) is 0 Å². The van der Waals surface area contributed by atoms with E-state index >= 15 is 0 Å². The highest BCUT2D eigenvalue weighted by atomic mass is 35.5. The number of benzene rings is 2. The zero-order valence-electron chi connectivity index (χ0n) is 11.4. The SMILES string of the molecule is CC(N[C@@H](C)c1cccc(Cl)c1)c1ccc(O)cc1F. The van der Waals surface area contributed by atoms with E-state index in [4.69, 9.17) is 11.6 Å². The molecule has 0 aliphatic rings. The van der Waals surface area contributed by atoms with Gasteiger partial charge in [0.2, 0.25) is 0 Å². The molecule has 4 heteroatoms. The van der Waals surface area contributed by atoms with Gasteiger partial charge in [-0.05, 0) is 37.6 Å². The van der Waals surface area contributed by atoms with E-state index in [0.29, 0.717) is 10.6 Å². The average molecular weight is 294 g/mol. The van der Waals surface area contributed by atoms with Gasteiger partial charge in [-0.3, -0.25) is 0 Å². The lowest BCUT2D eigenvalue weighted by atomic mass is 10.0. The Bertz CT molecular complexity index is 603. The maximum atomic E-state index is 13.8. The highest BCUT2D eigenvalue weighted by molar-refractivity contribution is 6.30. The first-order chi connectivity index (χ1) is 9.47. The smallest absolute Gasteiger partial charge is 0.131 e. The van der Waals surface area contributed by atoms with Crippen molar-refractivity contribution in [2.75, 3.05) is 0 Å². The molecule has 0 fully saturated rings. The summed E-state index contributed by atoms with van der Waals surface area (Å²) in [5, 5.41) is 13.2. The quantitative estimate of drug-likeness (QED) is 0.863. The van der Waals surface area contributed by atoms with Crippen LogP contribution < -0.4 is 5.32 Å². The van der Waals surface area contributed by atoms with Crippen LogP contribution in [0.3, 0.4) is 0 Å². The molecule has 2 aromatic carbocycles. The number of nitrogens with one attached hydrogen (secondary N) is 1. The highest BCUT2D eigenvalue weighted by Gasteiger charge is 2.15. The van der Waals surface area contributed by atoms with Crippen LogP contribution in [-0.4, -0.2) is 5.11 Å². The summed E-state index contributed by atoms with van der Waals surface area (Å²) in [7, 11) is 0. The molecular weight excluding hydrogens is 277 g/mol. The maximum Gasteiger partial charge on any atom is 0.131 e. The molecule has 0 radical (unpaired) electrons. The molecule has 2 atom stereocenters. The van der Waals surface area contributed by atoms with Crippen molar-refractivity contribution < 1.29 is 9.50 Å². The first-order valence-corrected chi connectivity index (χ1v) is 6.85. The predicted octanol–water partition coefficient (Wildman–Crippen LogP) is 4.60. The lowest BCUT2D eigenvalue weighted by molar-refractivity contribution is 0.454. The van der Waals surface area contributed by atoms with Crippen molar-refractivity contribution >= 4 is 11.6 Å². The Balaban J connectivity index is 2.12. The molecule has 20 heavy (non-hydrogen) atoms. The number of aromatic hydroxyl groups is 1. The van der Waals surface area contributed by atoms with Gasteiger partial charge in [0.1, 0.15) is 11.6 Å². The lowest BCUT2D eigenvalue weighted by Gasteiger charge is -2.21. The van der Waals surface area contributed by atoms with E-state index in [1.54, 1.807) is 6.07 Å². The minimum absolute atomic E-state index is 0.0388. The molecule has 0 saturated heterocycles. The molecule has 106 valence electrons. The first kappa shape index (κ1) is 14.8. The number of rotatable bonds is 4. The second-order valence-corrected chi connectivity index (χ2v) is 5.31. The molecule has 2 N–H and O–H groups in total. The fourth-order valence-electron chi connectivity index (χ4n) is 2.20. The summed E-state index contributed by atoms with van der Waals surface area (Å²) in [5.74, 6) is -0.482. The van der Waals surface area contributed by atoms with Crippen LogP contribution in [0.4, 0.5) is 4.39 Å². The van der Waals surface area contributed by atoms with E-state index in [2.05, 4.69) is 5.32 Å². The molecule has 2 rings (SSSR count). The van der Waals surface area contributed by atoms with Gasteiger partial charge in [-0.2, -0.15) is 0 Å². The van der Waals surface area contributed by atoms with Gasteiger partial charge in [-0.15, -0.1) is 0 Å². The van der Waals surface area contributed by atoms with Crippen LogP contribution in [0.25, 0.3) is 0 Å². The fourth-order valence-corrected chi connectivity index (χ4v) is 2.40. The van der Waals surface area contributed by atoms with Crippen molar-refractivity contribution in [3.8, 4) is 5.75 Å². The van der Waals surface area contributed by atoms with Crippen LogP contribution in [-0.2, 0) is 0 Å². The molecule has 0 heterocycles. The standard InChI is InChI=1S/C16H17ClFNO/c1-10(12-4-3-5-13(17)8-12)19-11(2)15-7-6-14(20)9-16(15)18/h3-11,19-20H,1-2H3/t10-,11?/m0/s1. The van der Waals surface area contributed by atoms with Crippen molar-refractivity contribution in [1.29, 1.82) is 0 Å². The van der Waals surface area contributed by atoms with Crippen molar-refractivity contribution in [3.05, 3.63) is 64.4 Å². The summed E-state index contributed by atoms with van der Waals surface area (Å²) in [6.45, 7) is 3.89. The van der Waals surface area contributed by atoms with Gasteiger partial charge in [-0.25, -0.2) is 4.39 Å². The second kappa shape index (κ2) is 6.25. The van der Waals surface area contributed by atoms with Crippen LogP contribution in [0, 0.1) is 5.82 Å². The molecule has 0 bridgehead atoms. The highest BCUT2D eigenvalue weighted by Crippen LogP contribution is 2.24. The number of phenols is 1. The van der Waals surface area contributed by atoms with Gasteiger partial charge in [0.25, 0.3) is 0 Å². The topological polar surface area (TPSA) is 32.3 Å². The largest absolute Gasteiger partial charge is 0.508 e. The minimum Gasteiger partial charge on any atom is -0.508 e. The zero-order valence-corrected chi connectivity index (χ0v) is 12.2. The summed E-state index contributed by atoms with van der Waals surface area (Å²) in [4.78, 5) is 0. The Morgan fingerprint density at radius 1 is 1.10 bits per heavy atom. The summed E-state index contributed by atoms with van der Waals surface area (Å²) < 4.78 is 13.8. The Kier molecular flexibility index (Phi) is 4.63. The molecular formula is C16H17ClFNO. The van der Waals surface area contributed by atoms with Crippen LogP contribution in [0.5, 0.6) is 5.75 Å². The molecule has 2 aromatic rings. The van der Waals surface area contributed by atoms with E-state index in [-0.39, 0.29) is 17.8 Å². The lowest BCUT2D eigenvalue weighted by Crippen LogP contribution is -2.23. The van der Waals surface area contributed by atoms with Crippen LogP contribution >= 0.6 is 11.6 Å². The Hall–Kier alpha value is -1.58. The second-order valence-electron chi connectivity index (χ2n) is 4.87. The number of halogens is 2. The average Bonchev–Trinajstić information content (AvgIpc) is 2.38. The number of hydrogen-bond donors (Lipinski definition) is 2.